The molecule has 3 saturated heterocycles. The third-order valence-corrected chi connectivity index (χ3v) is 5.17. The third-order valence-electron chi connectivity index (χ3n) is 3.84. The summed E-state index contributed by atoms with van der Waals surface area (Å²) in [7, 11) is -4.13. The Balaban J connectivity index is 2.03. The van der Waals surface area contributed by atoms with Gasteiger partial charge in [0.15, 0.2) is 0 Å². The van der Waals surface area contributed by atoms with Gasteiger partial charge >= 0.3 is 0 Å². The van der Waals surface area contributed by atoms with Gasteiger partial charge in [-0.25, -0.2) is 0 Å². The van der Waals surface area contributed by atoms with Gasteiger partial charge in [0, 0.05) is 19.4 Å². The predicted molar refractivity (Wildman–Crippen MR) is 52.5 cm³/mol. The van der Waals surface area contributed by atoms with Crippen LogP contribution in [0.1, 0.15) is 19.3 Å². The van der Waals surface area contributed by atoms with Crippen LogP contribution in [0.5, 0.6) is 0 Å². The second kappa shape index (κ2) is 3.17. The van der Waals surface area contributed by atoms with Gasteiger partial charge in [0.1, 0.15) is 10.9 Å². The van der Waals surface area contributed by atoms with Crippen molar-refractivity contribution in [3.8, 4) is 0 Å². The zero-order chi connectivity index (χ0) is 11.4. The third kappa shape index (κ3) is 1.18. The molecule has 0 bridgehead atoms. The summed E-state index contributed by atoms with van der Waals surface area (Å²) in [6.45, 7) is 1.27. The van der Waals surface area contributed by atoms with E-state index in [1.807, 2.05) is 0 Å². The van der Waals surface area contributed by atoms with Crippen molar-refractivity contribution in [2.24, 2.45) is 0 Å². The van der Waals surface area contributed by atoms with E-state index in [9.17, 15) is 13.0 Å². The minimum absolute atomic E-state index is 0.299. The van der Waals surface area contributed by atoms with Crippen molar-refractivity contribution < 1.29 is 27.2 Å². The van der Waals surface area contributed by atoms with Gasteiger partial charge in [0.25, 0.3) is 10.1 Å². The maximum absolute atomic E-state index is 11.4. The molecule has 0 aromatic rings. The predicted octanol–water partition coefficient (Wildman–Crippen LogP) is -0.0612. The summed E-state index contributed by atoms with van der Waals surface area (Å²) in [5.74, 6) is -0.941. The van der Waals surface area contributed by atoms with E-state index in [0.29, 0.717) is 39.1 Å². The molecule has 3 heterocycles. The number of hydrogen-bond donors (Lipinski definition) is 1. The Morgan fingerprint density at radius 2 is 1.75 bits per heavy atom. The fourth-order valence-corrected chi connectivity index (χ4v) is 4.31. The molecule has 3 fully saturated rings. The molecule has 3 aliphatic rings. The summed E-state index contributed by atoms with van der Waals surface area (Å²) in [5, 5.41) is -0.928. The normalized spacial score (nSPS) is 47.7. The first kappa shape index (κ1) is 10.9. The Morgan fingerprint density at radius 3 is 2.31 bits per heavy atom. The van der Waals surface area contributed by atoms with Crippen LogP contribution < -0.4 is 0 Å². The van der Waals surface area contributed by atoms with Crippen LogP contribution in [0.3, 0.4) is 0 Å². The summed E-state index contributed by atoms with van der Waals surface area (Å²) in [4.78, 5) is 0. The van der Waals surface area contributed by atoms with E-state index in [0.717, 1.165) is 0 Å². The van der Waals surface area contributed by atoms with Gasteiger partial charge < -0.3 is 14.2 Å². The van der Waals surface area contributed by atoms with Crippen molar-refractivity contribution in [3.63, 3.8) is 0 Å². The molecule has 6 nitrogen and oxygen atoms in total. The highest BCUT2D eigenvalue weighted by Crippen LogP contribution is 2.53. The quantitative estimate of drug-likeness (QED) is 0.656. The van der Waals surface area contributed by atoms with Crippen molar-refractivity contribution >= 4 is 10.1 Å². The zero-order valence-electron chi connectivity index (χ0n) is 8.72. The second-order valence-electron chi connectivity index (χ2n) is 4.48. The lowest BCUT2D eigenvalue weighted by atomic mass is 9.84. The fraction of sp³-hybridized carbons (Fsp3) is 1.00. The van der Waals surface area contributed by atoms with E-state index in [2.05, 4.69) is 0 Å². The SMILES string of the molecule is O=S(=O)(O)C1CCOC12CCOC21CCO1. The van der Waals surface area contributed by atoms with E-state index < -0.39 is 26.8 Å². The Bertz CT molecular complexity index is 396. The smallest absolute Gasteiger partial charge is 0.270 e. The van der Waals surface area contributed by atoms with Crippen LogP contribution in [0.15, 0.2) is 0 Å². The molecule has 3 unspecified atom stereocenters. The summed E-state index contributed by atoms with van der Waals surface area (Å²) in [6.07, 6.45) is 1.38. The van der Waals surface area contributed by atoms with Crippen LogP contribution >= 0.6 is 0 Å². The molecule has 3 aliphatic heterocycles. The topological polar surface area (TPSA) is 82.1 Å². The Morgan fingerprint density at radius 1 is 1.06 bits per heavy atom. The van der Waals surface area contributed by atoms with Gasteiger partial charge in [-0.3, -0.25) is 4.55 Å². The minimum atomic E-state index is -4.13. The first-order chi connectivity index (χ1) is 7.50. The average Bonchev–Trinajstić information content (AvgIpc) is 2.69. The van der Waals surface area contributed by atoms with Crippen LogP contribution in [-0.4, -0.2) is 49.4 Å². The molecule has 1 N–H and O–H groups in total. The number of rotatable bonds is 1. The molecule has 0 radical (unpaired) electrons. The first-order valence-electron chi connectivity index (χ1n) is 5.38. The monoisotopic (exact) mass is 250 g/mol. The molecule has 16 heavy (non-hydrogen) atoms. The second-order valence-corrected chi connectivity index (χ2v) is 6.08. The number of fused-ring (bicyclic) bond motifs is 1. The van der Waals surface area contributed by atoms with Crippen LogP contribution in [-0.2, 0) is 24.3 Å². The fourth-order valence-electron chi connectivity index (χ4n) is 3.07. The minimum Gasteiger partial charge on any atom is -0.368 e. The van der Waals surface area contributed by atoms with Crippen LogP contribution in [0.25, 0.3) is 0 Å². The van der Waals surface area contributed by atoms with Gasteiger partial charge in [-0.05, 0) is 6.42 Å². The van der Waals surface area contributed by atoms with Crippen molar-refractivity contribution in [2.75, 3.05) is 19.8 Å². The van der Waals surface area contributed by atoms with Gasteiger partial charge in [0.2, 0.25) is 5.79 Å². The lowest BCUT2D eigenvalue weighted by Gasteiger charge is -2.48. The summed E-state index contributed by atoms with van der Waals surface area (Å²) in [6, 6.07) is 0. The average molecular weight is 250 g/mol. The molecule has 0 amide bonds. The van der Waals surface area contributed by atoms with E-state index in [4.69, 9.17) is 14.2 Å². The van der Waals surface area contributed by atoms with Gasteiger partial charge in [-0.1, -0.05) is 0 Å². The molecule has 3 atom stereocenters. The molecule has 7 heteroatoms. The standard InChI is InChI=1S/C9H14O6S/c10-16(11,12)7-1-4-13-8(7)2-5-14-9(8)3-6-15-9/h7H,1-6H2,(H,10,11,12). The van der Waals surface area contributed by atoms with E-state index in [1.165, 1.54) is 0 Å². The van der Waals surface area contributed by atoms with Crippen LogP contribution in [0.4, 0.5) is 0 Å². The van der Waals surface area contributed by atoms with Gasteiger partial charge in [-0.15, -0.1) is 0 Å². The highest BCUT2D eigenvalue weighted by Gasteiger charge is 2.70. The molecular weight excluding hydrogens is 236 g/mol. The van der Waals surface area contributed by atoms with E-state index >= 15 is 0 Å². The van der Waals surface area contributed by atoms with Crippen molar-refractivity contribution in [1.29, 1.82) is 0 Å². The summed E-state index contributed by atoms with van der Waals surface area (Å²) >= 11 is 0. The lowest BCUT2D eigenvalue weighted by molar-refractivity contribution is -0.343. The zero-order valence-corrected chi connectivity index (χ0v) is 9.53. The van der Waals surface area contributed by atoms with Crippen molar-refractivity contribution in [3.05, 3.63) is 0 Å². The lowest BCUT2D eigenvalue weighted by Crippen LogP contribution is -2.64. The molecule has 0 aromatic heterocycles. The molecule has 2 spiro atoms. The largest absolute Gasteiger partial charge is 0.368 e. The van der Waals surface area contributed by atoms with E-state index in [-0.39, 0.29) is 0 Å². The Labute approximate surface area is 93.6 Å². The Kier molecular flexibility index (Phi) is 2.16. The molecule has 0 aromatic carbocycles. The maximum atomic E-state index is 11.4. The van der Waals surface area contributed by atoms with Crippen LogP contribution in [0.2, 0.25) is 0 Å². The molecule has 3 rings (SSSR count). The highest BCUT2D eigenvalue weighted by molar-refractivity contribution is 7.86. The van der Waals surface area contributed by atoms with Crippen molar-refractivity contribution in [1.82, 2.24) is 0 Å². The van der Waals surface area contributed by atoms with Crippen molar-refractivity contribution in [2.45, 2.75) is 35.9 Å². The van der Waals surface area contributed by atoms with Crippen LogP contribution in [0, 0.1) is 0 Å². The maximum Gasteiger partial charge on any atom is 0.270 e. The molecular formula is C9H14O6S. The number of hydrogen-bond acceptors (Lipinski definition) is 5. The summed E-state index contributed by atoms with van der Waals surface area (Å²) in [5.41, 5.74) is -1.00. The molecule has 0 saturated carbocycles. The van der Waals surface area contributed by atoms with E-state index in [1.54, 1.807) is 0 Å². The first-order valence-corrected chi connectivity index (χ1v) is 6.89. The molecule has 92 valence electrons. The Hall–Kier alpha value is -0.210. The highest BCUT2D eigenvalue weighted by atomic mass is 32.2. The summed E-state index contributed by atoms with van der Waals surface area (Å²) < 4.78 is 48.6. The van der Waals surface area contributed by atoms with Gasteiger partial charge in [-0.2, -0.15) is 8.42 Å². The van der Waals surface area contributed by atoms with Gasteiger partial charge in [0.05, 0.1) is 13.2 Å². The number of ether oxygens (including phenoxy) is 3. The molecule has 0 aliphatic carbocycles.